The van der Waals surface area contributed by atoms with E-state index in [1.165, 1.54) is 0 Å². The Hall–Kier alpha value is -3.57. The molecule has 1 heterocycles. The van der Waals surface area contributed by atoms with Gasteiger partial charge in [0.15, 0.2) is 0 Å². The normalized spacial score (nSPS) is 12.2. The van der Waals surface area contributed by atoms with Crippen molar-refractivity contribution in [2.45, 2.75) is 33.3 Å². The van der Waals surface area contributed by atoms with E-state index >= 15 is 0 Å². The highest BCUT2D eigenvalue weighted by Crippen LogP contribution is 2.39. The SMILES string of the molecule is C/C=C/CNc1cccc(-c2ccc(C(N)=O)c3[nH]c4cc(C(C)(C)O)ccc4c23)c1C. The Kier molecular flexibility index (Phi) is 5.53. The number of amides is 1. The number of anilines is 1. The number of aromatic nitrogens is 1. The Morgan fingerprint density at radius 2 is 1.94 bits per heavy atom. The molecule has 0 atom stereocenters. The molecule has 0 aliphatic heterocycles. The maximum atomic E-state index is 12.2. The summed E-state index contributed by atoms with van der Waals surface area (Å²) in [5, 5.41) is 15.9. The lowest BCUT2D eigenvalue weighted by Gasteiger charge is -2.17. The van der Waals surface area contributed by atoms with Crippen molar-refractivity contribution < 1.29 is 9.90 Å². The fraction of sp³-hybridized carbons (Fsp3) is 0.222. The van der Waals surface area contributed by atoms with E-state index in [0.29, 0.717) is 11.1 Å². The zero-order chi connectivity index (χ0) is 23.0. The summed E-state index contributed by atoms with van der Waals surface area (Å²) in [6.07, 6.45) is 4.10. The lowest BCUT2D eigenvalue weighted by molar-refractivity contribution is 0.0787. The number of nitrogens with two attached hydrogens (primary N) is 1. The second-order valence-corrected chi connectivity index (χ2v) is 8.65. The maximum Gasteiger partial charge on any atom is 0.250 e. The van der Waals surface area contributed by atoms with Gasteiger partial charge >= 0.3 is 0 Å². The molecule has 4 aromatic rings. The molecular formula is C27H29N3O2. The van der Waals surface area contributed by atoms with Crippen LogP contribution in [0.1, 0.15) is 42.3 Å². The van der Waals surface area contributed by atoms with Crippen molar-refractivity contribution in [2.24, 2.45) is 5.73 Å². The lowest BCUT2D eigenvalue weighted by Crippen LogP contribution is -2.14. The maximum absolute atomic E-state index is 12.2. The number of fused-ring (bicyclic) bond motifs is 3. The molecule has 164 valence electrons. The molecule has 0 radical (unpaired) electrons. The molecule has 5 heteroatoms. The smallest absolute Gasteiger partial charge is 0.250 e. The topological polar surface area (TPSA) is 91.1 Å². The Morgan fingerprint density at radius 3 is 2.62 bits per heavy atom. The summed E-state index contributed by atoms with van der Waals surface area (Å²) in [6.45, 7) is 8.37. The van der Waals surface area contributed by atoms with Crippen LogP contribution in [0.4, 0.5) is 5.69 Å². The van der Waals surface area contributed by atoms with Crippen LogP contribution in [0.25, 0.3) is 32.9 Å². The molecule has 5 nitrogen and oxygen atoms in total. The number of aliphatic hydroxyl groups is 1. The Balaban J connectivity index is 2.00. The molecule has 0 spiro atoms. The fourth-order valence-corrected chi connectivity index (χ4v) is 4.23. The molecule has 4 rings (SSSR count). The van der Waals surface area contributed by atoms with E-state index in [1.807, 2.05) is 43.3 Å². The molecule has 0 saturated carbocycles. The van der Waals surface area contributed by atoms with Gasteiger partial charge in [-0.15, -0.1) is 0 Å². The zero-order valence-electron chi connectivity index (χ0n) is 18.9. The van der Waals surface area contributed by atoms with Gasteiger partial charge in [-0.2, -0.15) is 0 Å². The Morgan fingerprint density at radius 1 is 1.16 bits per heavy atom. The van der Waals surface area contributed by atoms with Crippen LogP contribution < -0.4 is 11.1 Å². The number of benzene rings is 3. The van der Waals surface area contributed by atoms with Crippen molar-refractivity contribution in [3.63, 3.8) is 0 Å². The highest BCUT2D eigenvalue weighted by Gasteiger charge is 2.21. The number of hydrogen-bond donors (Lipinski definition) is 4. The van der Waals surface area contributed by atoms with Crippen molar-refractivity contribution in [3.05, 3.63) is 77.4 Å². The van der Waals surface area contributed by atoms with E-state index in [2.05, 4.69) is 35.4 Å². The first-order valence-electron chi connectivity index (χ1n) is 10.8. The van der Waals surface area contributed by atoms with Gasteiger partial charge in [0.1, 0.15) is 0 Å². The highest BCUT2D eigenvalue weighted by molar-refractivity contribution is 6.20. The molecular weight excluding hydrogens is 398 g/mol. The molecule has 0 fully saturated rings. The van der Waals surface area contributed by atoms with Crippen molar-refractivity contribution in [1.29, 1.82) is 0 Å². The summed E-state index contributed by atoms with van der Waals surface area (Å²) >= 11 is 0. The fourth-order valence-electron chi connectivity index (χ4n) is 4.23. The number of aromatic amines is 1. The van der Waals surface area contributed by atoms with Gasteiger partial charge in [0.2, 0.25) is 0 Å². The first-order valence-corrected chi connectivity index (χ1v) is 10.8. The van der Waals surface area contributed by atoms with Crippen LogP contribution >= 0.6 is 0 Å². The number of carbonyl (C=O) groups is 1. The van der Waals surface area contributed by atoms with E-state index in [0.717, 1.165) is 50.8 Å². The molecule has 32 heavy (non-hydrogen) atoms. The summed E-state index contributed by atoms with van der Waals surface area (Å²) in [5.74, 6) is -0.477. The zero-order valence-corrected chi connectivity index (χ0v) is 18.9. The summed E-state index contributed by atoms with van der Waals surface area (Å²) in [6, 6.07) is 15.8. The number of rotatable bonds is 6. The minimum atomic E-state index is -0.968. The second kappa shape index (κ2) is 8.17. The van der Waals surface area contributed by atoms with Crippen LogP contribution in [0.15, 0.2) is 60.7 Å². The molecule has 0 bridgehead atoms. The van der Waals surface area contributed by atoms with Crippen LogP contribution in [0, 0.1) is 6.92 Å². The third kappa shape index (κ3) is 3.76. The summed E-state index contributed by atoms with van der Waals surface area (Å²) in [7, 11) is 0. The number of allylic oxidation sites excluding steroid dienone is 1. The van der Waals surface area contributed by atoms with Gasteiger partial charge in [0.05, 0.1) is 16.7 Å². The molecule has 0 aliphatic rings. The van der Waals surface area contributed by atoms with Gasteiger partial charge in [0.25, 0.3) is 5.91 Å². The largest absolute Gasteiger partial charge is 0.386 e. The van der Waals surface area contributed by atoms with E-state index in [4.69, 9.17) is 5.73 Å². The first kappa shape index (κ1) is 21.7. The molecule has 1 amide bonds. The van der Waals surface area contributed by atoms with E-state index in [1.54, 1.807) is 19.9 Å². The predicted molar refractivity (Wildman–Crippen MR) is 133 cm³/mol. The number of primary amides is 1. The molecule has 0 aliphatic carbocycles. The summed E-state index contributed by atoms with van der Waals surface area (Å²) in [5.41, 5.74) is 11.9. The minimum Gasteiger partial charge on any atom is -0.386 e. The summed E-state index contributed by atoms with van der Waals surface area (Å²) in [4.78, 5) is 15.6. The van der Waals surface area contributed by atoms with E-state index in [-0.39, 0.29) is 0 Å². The molecule has 3 aromatic carbocycles. The van der Waals surface area contributed by atoms with Crippen molar-refractivity contribution in [3.8, 4) is 11.1 Å². The highest BCUT2D eigenvalue weighted by atomic mass is 16.3. The van der Waals surface area contributed by atoms with Gasteiger partial charge in [0, 0.05) is 28.5 Å². The third-order valence-electron chi connectivity index (χ3n) is 6.00. The van der Waals surface area contributed by atoms with Gasteiger partial charge in [-0.05, 0) is 68.1 Å². The third-order valence-corrected chi connectivity index (χ3v) is 6.00. The number of nitrogens with one attached hydrogen (secondary N) is 2. The predicted octanol–water partition coefficient (Wildman–Crippen LogP) is 5.61. The minimum absolute atomic E-state index is 0.449. The Bertz CT molecular complexity index is 1360. The molecule has 5 N–H and O–H groups in total. The average Bonchev–Trinajstić information content (AvgIpc) is 3.12. The monoisotopic (exact) mass is 427 g/mol. The van der Waals surface area contributed by atoms with Crippen molar-refractivity contribution in [2.75, 3.05) is 11.9 Å². The van der Waals surface area contributed by atoms with Gasteiger partial charge in [-0.1, -0.05) is 42.5 Å². The lowest BCUT2D eigenvalue weighted by atomic mass is 9.92. The van der Waals surface area contributed by atoms with E-state index in [9.17, 15) is 9.90 Å². The number of carbonyl (C=O) groups excluding carboxylic acids is 1. The van der Waals surface area contributed by atoms with Gasteiger partial charge in [-0.3, -0.25) is 4.79 Å². The Labute approximate surface area is 188 Å². The quantitative estimate of drug-likeness (QED) is 0.301. The standard InChI is InChI=1S/C27H29N3O2/c1-5-6-14-29-22-9-7-8-18(16(22)2)19-12-13-21(26(28)31)25-24(19)20-11-10-17(27(3,4)32)15-23(20)30-25/h5-13,15,29-30,32H,14H2,1-4H3,(H2,28,31)/b6-5+. The van der Waals surface area contributed by atoms with Crippen LogP contribution in [-0.2, 0) is 5.60 Å². The van der Waals surface area contributed by atoms with Gasteiger partial charge in [-0.25, -0.2) is 0 Å². The van der Waals surface area contributed by atoms with Crippen LogP contribution in [-0.4, -0.2) is 22.5 Å². The average molecular weight is 428 g/mol. The number of hydrogen-bond acceptors (Lipinski definition) is 3. The van der Waals surface area contributed by atoms with Crippen LogP contribution in [0.3, 0.4) is 0 Å². The van der Waals surface area contributed by atoms with Crippen LogP contribution in [0.2, 0.25) is 0 Å². The number of H-pyrrole nitrogens is 1. The van der Waals surface area contributed by atoms with Crippen molar-refractivity contribution in [1.82, 2.24) is 4.98 Å². The van der Waals surface area contributed by atoms with Crippen molar-refractivity contribution >= 4 is 33.4 Å². The molecule has 1 aromatic heterocycles. The molecule has 0 saturated heterocycles. The van der Waals surface area contributed by atoms with E-state index < -0.39 is 11.5 Å². The first-order chi connectivity index (χ1) is 15.2. The van der Waals surface area contributed by atoms with Gasteiger partial charge < -0.3 is 21.1 Å². The van der Waals surface area contributed by atoms with Crippen LogP contribution in [0.5, 0.6) is 0 Å². The second-order valence-electron chi connectivity index (χ2n) is 8.65. The molecule has 0 unspecified atom stereocenters. The summed E-state index contributed by atoms with van der Waals surface area (Å²) < 4.78 is 0.